The summed E-state index contributed by atoms with van der Waals surface area (Å²) in [5, 5.41) is 2.36. The van der Waals surface area contributed by atoms with Gasteiger partial charge in [0.05, 0.1) is 12.2 Å². The first-order valence-corrected chi connectivity index (χ1v) is 3.57. The second-order valence-corrected chi connectivity index (χ2v) is 2.42. The molecule has 0 saturated carbocycles. The molecule has 1 rings (SSSR count). The molecule has 13 heavy (non-hydrogen) atoms. The lowest BCUT2D eigenvalue weighted by molar-refractivity contribution is -0.116. The highest BCUT2D eigenvalue weighted by atomic mass is 19.2. The lowest BCUT2D eigenvalue weighted by Gasteiger charge is -2.04. The number of halogens is 2. The van der Waals surface area contributed by atoms with E-state index in [1.165, 1.54) is 12.1 Å². The van der Waals surface area contributed by atoms with Crippen molar-refractivity contribution in [1.82, 2.24) is 0 Å². The first kappa shape index (κ1) is 9.44. The summed E-state index contributed by atoms with van der Waals surface area (Å²) in [5.41, 5.74) is 4.74. The smallest absolute Gasteiger partial charge is 0.236 e. The van der Waals surface area contributed by atoms with Gasteiger partial charge in [0.2, 0.25) is 5.91 Å². The fourth-order valence-electron chi connectivity index (χ4n) is 0.823. The van der Waals surface area contributed by atoms with Crippen molar-refractivity contribution in [2.75, 3.05) is 11.9 Å². The van der Waals surface area contributed by atoms with Crippen molar-refractivity contribution < 1.29 is 13.6 Å². The van der Waals surface area contributed by atoms with E-state index in [1.807, 2.05) is 0 Å². The number of amides is 1. The number of anilines is 1. The van der Waals surface area contributed by atoms with Crippen molar-refractivity contribution in [3.8, 4) is 0 Å². The highest BCUT2D eigenvalue weighted by Gasteiger charge is 2.06. The molecule has 0 heterocycles. The molecule has 70 valence electrons. The number of carbonyl (C=O) groups excluding carboxylic acids is 1. The molecule has 0 aliphatic heterocycles. The molecule has 0 aliphatic rings. The number of benzene rings is 1. The van der Waals surface area contributed by atoms with Gasteiger partial charge in [0.1, 0.15) is 0 Å². The van der Waals surface area contributed by atoms with Gasteiger partial charge in [-0.2, -0.15) is 0 Å². The number of hydrogen-bond acceptors (Lipinski definition) is 2. The molecule has 1 aromatic carbocycles. The Morgan fingerprint density at radius 2 is 2.15 bits per heavy atom. The van der Waals surface area contributed by atoms with Crippen molar-refractivity contribution in [1.29, 1.82) is 0 Å². The zero-order valence-electron chi connectivity index (χ0n) is 6.68. The number of nitrogens with one attached hydrogen (secondary N) is 1. The number of primary amides is 1. The SMILES string of the molecule is NC(=O)CNc1cccc(F)c1F. The Balaban J connectivity index is 2.77. The fourth-order valence-corrected chi connectivity index (χ4v) is 0.823. The average Bonchev–Trinajstić information content (AvgIpc) is 2.07. The average molecular weight is 186 g/mol. The Labute approximate surface area is 73.5 Å². The lowest BCUT2D eigenvalue weighted by atomic mass is 10.3. The maximum absolute atomic E-state index is 12.9. The van der Waals surface area contributed by atoms with Gasteiger partial charge in [0.25, 0.3) is 0 Å². The van der Waals surface area contributed by atoms with Gasteiger partial charge < -0.3 is 11.1 Å². The molecule has 0 unspecified atom stereocenters. The van der Waals surface area contributed by atoms with Gasteiger partial charge in [0, 0.05) is 0 Å². The second kappa shape index (κ2) is 3.84. The summed E-state index contributed by atoms with van der Waals surface area (Å²) in [6.07, 6.45) is 0. The second-order valence-electron chi connectivity index (χ2n) is 2.42. The molecule has 1 aromatic rings. The van der Waals surface area contributed by atoms with Crippen LogP contribution in [0.4, 0.5) is 14.5 Å². The van der Waals surface area contributed by atoms with Gasteiger partial charge in [-0.3, -0.25) is 4.79 Å². The van der Waals surface area contributed by atoms with E-state index in [4.69, 9.17) is 5.73 Å². The normalized spacial score (nSPS) is 9.69. The number of hydrogen-bond donors (Lipinski definition) is 2. The maximum atomic E-state index is 12.9. The molecule has 0 saturated heterocycles. The van der Waals surface area contributed by atoms with Crippen LogP contribution >= 0.6 is 0 Å². The van der Waals surface area contributed by atoms with Gasteiger partial charge in [0.15, 0.2) is 11.6 Å². The maximum Gasteiger partial charge on any atom is 0.236 e. The summed E-state index contributed by atoms with van der Waals surface area (Å²) in [6.45, 7) is -0.222. The first-order chi connectivity index (χ1) is 6.11. The molecule has 5 heteroatoms. The highest BCUT2D eigenvalue weighted by Crippen LogP contribution is 2.15. The Morgan fingerprint density at radius 1 is 1.46 bits per heavy atom. The van der Waals surface area contributed by atoms with E-state index in [0.29, 0.717) is 0 Å². The van der Waals surface area contributed by atoms with E-state index in [2.05, 4.69) is 5.32 Å². The monoisotopic (exact) mass is 186 g/mol. The highest BCUT2D eigenvalue weighted by molar-refractivity contribution is 5.78. The Hall–Kier alpha value is -1.65. The van der Waals surface area contributed by atoms with Crippen molar-refractivity contribution in [3.63, 3.8) is 0 Å². The summed E-state index contributed by atoms with van der Waals surface area (Å²) >= 11 is 0. The number of rotatable bonds is 3. The van der Waals surface area contributed by atoms with Gasteiger partial charge in [-0.1, -0.05) is 6.07 Å². The minimum atomic E-state index is -1.01. The summed E-state index contributed by atoms with van der Waals surface area (Å²) < 4.78 is 25.4. The molecule has 0 bridgehead atoms. The first-order valence-electron chi connectivity index (χ1n) is 3.57. The molecule has 0 atom stereocenters. The zero-order chi connectivity index (χ0) is 9.84. The topological polar surface area (TPSA) is 55.1 Å². The Bertz CT molecular complexity index is 328. The van der Waals surface area contributed by atoms with Crippen LogP contribution in [-0.2, 0) is 4.79 Å². The Morgan fingerprint density at radius 3 is 2.77 bits per heavy atom. The molecule has 0 spiro atoms. The van der Waals surface area contributed by atoms with E-state index in [9.17, 15) is 13.6 Å². The molecule has 0 radical (unpaired) electrons. The summed E-state index contributed by atoms with van der Waals surface area (Å²) in [5.74, 6) is -2.61. The minimum Gasteiger partial charge on any atom is -0.374 e. The van der Waals surface area contributed by atoms with Crippen LogP contribution in [0.1, 0.15) is 0 Å². The molecule has 0 fully saturated rings. The quantitative estimate of drug-likeness (QED) is 0.735. The van der Waals surface area contributed by atoms with Gasteiger partial charge in [-0.25, -0.2) is 8.78 Å². The van der Waals surface area contributed by atoms with Crippen molar-refractivity contribution >= 4 is 11.6 Å². The third-order valence-electron chi connectivity index (χ3n) is 1.40. The minimum absolute atomic E-state index is 0.0706. The summed E-state index contributed by atoms with van der Waals surface area (Å²) in [6, 6.07) is 3.65. The third kappa shape index (κ3) is 2.40. The predicted octanol–water partition coefficient (Wildman–Crippen LogP) is 0.862. The molecule has 0 aromatic heterocycles. The third-order valence-corrected chi connectivity index (χ3v) is 1.40. The van der Waals surface area contributed by atoms with E-state index in [0.717, 1.165) is 6.07 Å². The largest absolute Gasteiger partial charge is 0.374 e. The van der Waals surface area contributed by atoms with Crippen molar-refractivity contribution in [3.05, 3.63) is 29.8 Å². The lowest BCUT2D eigenvalue weighted by Crippen LogP contribution is -2.22. The molecule has 3 nitrogen and oxygen atoms in total. The van der Waals surface area contributed by atoms with Crippen LogP contribution in [0.5, 0.6) is 0 Å². The van der Waals surface area contributed by atoms with E-state index >= 15 is 0 Å². The molecule has 3 N–H and O–H groups in total. The van der Waals surface area contributed by atoms with Gasteiger partial charge in [-0.15, -0.1) is 0 Å². The fraction of sp³-hybridized carbons (Fsp3) is 0.125. The summed E-state index contributed by atoms with van der Waals surface area (Å²) in [4.78, 5) is 10.3. The number of carbonyl (C=O) groups is 1. The summed E-state index contributed by atoms with van der Waals surface area (Å²) in [7, 11) is 0. The van der Waals surface area contributed by atoms with Gasteiger partial charge in [-0.05, 0) is 12.1 Å². The standard InChI is InChI=1S/C8H8F2N2O/c9-5-2-1-3-6(8(5)10)12-4-7(11)13/h1-3,12H,4H2,(H2,11,13). The van der Waals surface area contributed by atoms with Crippen LogP contribution in [0.25, 0.3) is 0 Å². The van der Waals surface area contributed by atoms with E-state index < -0.39 is 17.5 Å². The van der Waals surface area contributed by atoms with Crippen LogP contribution in [0, 0.1) is 11.6 Å². The predicted molar refractivity (Wildman–Crippen MR) is 44.0 cm³/mol. The molecular weight excluding hydrogens is 178 g/mol. The molecule has 1 amide bonds. The van der Waals surface area contributed by atoms with Crippen LogP contribution < -0.4 is 11.1 Å². The number of nitrogens with two attached hydrogens (primary N) is 1. The van der Waals surface area contributed by atoms with Crippen LogP contribution in [-0.4, -0.2) is 12.5 Å². The van der Waals surface area contributed by atoms with E-state index in [1.54, 1.807) is 0 Å². The van der Waals surface area contributed by atoms with Gasteiger partial charge >= 0.3 is 0 Å². The van der Waals surface area contributed by atoms with E-state index in [-0.39, 0.29) is 12.2 Å². The zero-order valence-corrected chi connectivity index (χ0v) is 6.68. The van der Waals surface area contributed by atoms with Crippen molar-refractivity contribution in [2.24, 2.45) is 5.73 Å². The van der Waals surface area contributed by atoms with Crippen molar-refractivity contribution in [2.45, 2.75) is 0 Å². The van der Waals surface area contributed by atoms with Crippen LogP contribution in [0.2, 0.25) is 0 Å². The molecular formula is C8H8F2N2O. The van der Waals surface area contributed by atoms with Crippen LogP contribution in [0.3, 0.4) is 0 Å². The van der Waals surface area contributed by atoms with Crippen LogP contribution in [0.15, 0.2) is 18.2 Å². The molecule has 0 aliphatic carbocycles. The Kier molecular flexibility index (Phi) is 2.79.